The summed E-state index contributed by atoms with van der Waals surface area (Å²) in [6, 6.07) is 4.61. The normalized spacial score (nSPS) is 19.2. The second-order valence-corrected chi connectivity index (χ2v) is 10.9. The Hall–Kier alpha value is -1.90. The summed E-state index contributed by atoms with van der Waals surface area (Å²) in [6.45, 7) is 0. The topological polar surface area (TPSA) is 95.5 Å². The van der Waals surface area contributed by atoms with Gasteiger partial charge in [-0.15, -0.1) is 11.3 Å². The second kappa shape index (κ2) is 6.30. The molecule has 0 saturated heterocycles. The number of nitrogens with one attached hydrogen (secondary N) is 2. The molecule has 0 atom stereocenters. The third kappa shape index (κ3) is 3.03. The molecule has 0 radical (unpaired) electrons. The van der Waals surface area contributed by atoms with Crippen LogP contribution in [0.25, 0.3) is 0 Å². The number of carbonyl (C=O) groups is 1. The lowest BCUT2D eigenvalue weighted by atomic mass is 9.99. The van der Waals surface area contributed by atoms with Crippen LogP contribution in [-0.2, 0) is 41.3 Å². The van der Waals surface area contributed by atoms with Crippen LogP contribution in [0.1, 0.15) is 52.8 Å². The molecule has 148 valence electrons. The molecule has 2 aromatic rings. The van der Waals surface area contributed by atoms with Gasteiger partial charge in [0, 0.05) is 10.6 Å². The van der Waals surface area contributed by atoms with Gasteiger partial charge in [0.1, 0.15) is 4.21 Å². The van der Waals surface area contributed by atoms with E-state index in [4.69, 9.17) is 0 Å². The fourth-order valence-corrected chi connectivity index (χ4v) is 6.72. The molecule has 5 rings (SSSR count). The van der Waals surface area contributed by atoms with Gasteiger partial charge >= 0.3 is 6.03 Å². The number of amides is 2. The van der Waals surface area contributed by atoms with Gasteiger partial charge in [0.25, 0.3) is 10.0 Å². The lowest BCUT2D eigenvalue weighted by molar-refractivity contribution is 0.155. The van der Waals surface area contributed by atoms with E-state index in [1.165, 1.54) is 17.2 Å². The summed E-state index contributed by atoms with van der Waals surface area (Å²) in [5.41, 5.74) is 4.80. The summed E-state index contributed by atoms with van der Waals surface area (Å²) < 4.78 is 27.4. The molecular formula is C20H22N2O4S2. The van der Waals surface area contributed by atoms with Gasteiger partial charge in [0.2, 0.25) is 0 Å². The molecule has 1 heterocycles. The number of carbonyl (C=O) groups excluding carboxylic acids is 1. The van der Waals surface area contributed by atoms with Crippen LogP contribution in [0.3, 0.4) is 0 Å². The Morgan fingerprint density at radius 3 is 2.29 bits per heavy atom. The van der Waals surface area contributed by atoms with Crippen molar-refractivity contribution in [2.75, 3.05) is 5.32 Å². The third-order valence-electron chi connectivity index (χ3n) is 5.97. The van der Waals surface area contributed by atoms with Crippen LogP contribution in [0, 0.1) is 0 Å². The Balaban J connectivity index is 1.38. The summed E-state index contributed by atoms with van der Waals surface area (Å²) in [5.74, 6) is 0. The van der Waals surface area contributed by atoms with Crippen molar-refractivity contribution < 1.29 is 18.3 Å². The molecule has 3 N–H and O–H groups in total. The molecule has 6 nitrogen and oxygen atoms in total. The minimum atomic E-state index is -3.97. The average molecular weight is 419 g/mol. The van der Waals surface area contributed by atoms with E-state index in [2.05, 4.69) is 16.1 Å². The van der Waals surface area contributed by atoms with Crippen LogP contribution >= 0.6 is 11.3 Å². The molecule has 0 bridgehead atoms. The number of rotatable bonds is 4. The van der Waals surface area contributed by atoms with Crippen molar-refractivity contribution in [1.29, 1.82) is 0 Å². The quantitative estimate of drug-likeness (QED) is 0.710. The maximum atomic E-state index is 12.6. The third-order valence-corrected chi connectivity index (χ3v) is 9.07. The molecule has 1 fully saturated rings. The molecular weight excluding hydrogens is 396 g/mol. The second-order valence-electron chi connectivity index (χ2n) is 7.94. The Bertz CT molecular complexity index is 1050. The number of sulfonamides is 1. The van der Waals surface area contributed by atoms with Gasteiger partial charge in [0.15, 0.2) is 0 Å². The van der Waals surface area contributed by atoms with Crippen molar-refractivity contribution in [3.05, 3.63) is 45.3 Å². The Morgan fingerprint density at radius 2 is 1.68 bits per heavy atom. The molecule has 0 unspecified atom stereocenters. The highest BCUT2D eigenvalue weighted by Crippen LogP contribution is 2.48. The first-order chi connectivity index (χ1) is 13.4. The van der Waals surface area contributed by atoms with E-state index in [9.17, 15) is 18.3 Å². The summed E-state index contributed by atoms with van der Waals surface area (Å²) >= 11 is 1.02. The van der Waals surface area contributed by atoms with Gasteiger partial charge in [-0.1, -0.05) is 6.07 Å². The number of hydrogen-bond donors (Lipinski definition) is 3. The van der Waals surface area contributed by atoms with Crippen LogP contribution < -0.4 is 10.0 Å². The van der Waals surface area contributed by atoms with Crippen molar-refractivity contribution in [1.82, 2.24) is 4.72 Å². The molecule has 8 heteroatoms. The number of hydrogen-bond acceptors (Lipinski definition) is 5. The molecule has 1 saturated carbocycles. The highest BCUT2D eigenvalue weighted by molar-refractivity contribution is 7.92. The van der Waals surface area contributed by atoms with E-state index in [0.29, 0.717) is 17.7 Å². The number of benzene rings is 1. The van der Waals surface area contributed by atoms with Crippen LogP contribution in [0.2, 0.25) is 0 Å². The van der Waals surface area contributed by atoms with E-state index in [-0.39, 0.29) is 4.21 Å². The van der Waals surface area contributed by atoms with Gasteiger partial charge < -0.3 is 10.4 Å². The summed E-state index contributed by atoms with van der Waals surface area (Å²) in [5, 5.41) is 13.0. The van der Waals surface area contributed by atoms with Gasteiger partial charge in [-0.3, -0.25) is 0 Å². The fourth-order valence-electron chi connectivity index (χ4n) is 4.36. The van der Waals surface area contributed by atoms with E-state index in [1.54, 1.807) is 6.07 Å². The predicted octanol–water partition coefficient (Wildman–Crippen LogP) is 3.22. The minimum absolute atomic E-state index is 0.0431. The van der Waals surface area contributed by atoms with E-state index in [0.717, 1.165) is 66.7 Å². The summed E-state index contributed by atoms with van der Waals surface area (Å²) in [4.78, 5) is 13.2. The number of aliphatic hydroxyl groups is 1. The molecule has 0 spiro atoms. The SMILES string of the molecule is O=C(Nc1c2c(cc3c1CCC3)CCC2)NS(=O)(=O)c1ccc(C2(O)CC2)s1. The van der Waals surface area contributed by atoms with E-state index >= 15 is 0 Å². The molecule has 28 heavy (non-hydrogen) atoms. The molecule has 2 amide bonds. The van der Waals surface area contributed by atoms with Gasteiger partial charge in [-0.25, -0.2) is 17.9 Å². The minimum Gasteiger partial charge on any atom is -0.384 e. The standard InChI is InChI=1S/C20H22N2O4S2/c23-19(22-28(25,26)17-8-7-16(27-17)20(24)9-10-20)21-18-14-5-1-3-12(14)11-13-4-2-6-15(13)18/h7-8,11,24H,1-6,9-10H2,(H2,21,22,23). The largest absolute Gasteiger partial charge is 0.384 e. The zero-order valence-electron chi connectivity index (χ0n) is 15.4. The van der Waals surface area contributed by atoms with E-state index < -0.39 is 21.7 Å². The van der Waals surface area contributed by atoms with Gasteiger partial charge in [-0.2, -0.15) is 0 Å². The lowest BCUT2D eigenvalue weighted by Gasteiger charge is -2.16. The highest BCUT2D eigenvalue weighted by Gasteiger charge is 2.44. The number of anilines is 1. The predicted molar refractivity (Wildman–Crippen MR) is 107 cm³/mol. The Morgan fingerprint density at radius 1 is 1.04 bits per heavy atom. The molecule has 0 aliphatic heterocycles. The number of urea groups is 1. The zero-order chi connectivity index (χ0) is 19.5. The van der Waals surface area contributed by atoms with Crippen molar-refractivity contribution in [2.24, 2.45) is 0 Å². The van der Waals surface area contributed by atoms with Crippen molar-refractivity contribution in [2.45, 2.75) is 61.2 Å². The Kier molecular flexibility index (Phi) is 4.08. The van der Waals surface area contributed by atoms with Crippen LogP contribution in [0.4, 0.5) is 10.5 Å². The fraction of sp³-hybridized carbons (Fsp3) is 0.450. The first-order valence-corrected chi connectivity index (χ1v) is 12.0. The van der Waals surface area contributed by atoms with Gasteiger partial charge in [0.05, 0.1) is 5.60 Å². The van der Waals surface area contributed by atoms with Crippen LogP contribution in [0.5, 0.6) is 0 Å². The maximum absolute atomic E-state index is 12.6. The van der Waals surface area contributed by atoms with Crippen molar-refractivity contribution in [3.8, 4) is 0 Å². The molecule has 1 aromatic heterocycles. The number of thiophene rings is 1. The Labute approximate surface area is 168 Å². The molecule has 1 aromatic carbocycles. The molecule has 3 aliphatic rings. The van der Waals surface area contributed by atoms with Crippen LogP contribution in [-0.4, -0.2) is 19.6 Å². The first-order valence-electron chi connectivity index (χ1n) is 9.69. The maximum Gasteiger partial charge on any atom is 0.333 e. The summed E-state index contributed by atoms with van der Waals surface area (Å²) in [7, 11) is -3.97. The van der Waals surface area contributed by atoms with Crippen LogP contribution in [0.15, 0.2) is 22.4 Å². The van der Waals surface area contributed by atoms with Crippen molar-refractivity contribution >= 4 is 33.1 Å². The monoisotopic (exact) mass is 418 g/mol. The van der Waals surface area contributed by atoms with E-state index in [1.807, 2.05) is 0 Å². The van der Waals surface area contributed by atoms with Crippen molar-refractivity contribution in [3.63, 3.8) is 0 Å². The zero-order valence-corrected chi connectivity index (χ0v) is 17.0. The highest BCUT2D eigenvalue weighted by atomic mass is 32.2. The number of aryl methyl sites for hydroxylation is 2. The molecule has 3 aliphatic carbocycles. The first kappa shape index (κ1) is 18.1. The number of fused-ring (bicyclic) bond motifs is 2. The lowest BCUT2D eigenvalue weighted by Crippen LogP contribution is -2.34. The average Bonchev–Trinajstić information content (AvgIpc) is 3.13. The smallest absolute Gasteiger partial charge is 0.333 e. The summed E-state index contributed by atoms with van der Waals surface area (Å²) in [6.07, 6.45) is 7.27. The van der Waals surface area contributed by atoms with Gasteiger partial charge in [-0.05, 0) is 85.8 Å².